The van der Waals surface area contributed by atoms with Gasteiger partial charge in [0.05, 0.1) is 11.1 Å². The Balaban J connectivity index is 1.28. The second kappa shape index (κ2) is 7.57. The Labute approximate surface area is 193 Å². The zero-order valence-electron chi connectivity index (χ0n) is 17.6. The molecule has 0 radical (unpaired) electrons. The number of carboxylic acid groups (broad SMARTS) is 1. The third-order valence-electron chi connectivity index (χ3n) is 6.50. The van der Waals surface area contributed by atoms with Crippen LogP contribution in [-0.4, -0.2) is 38.5 Å². The van der Waals surface area contributed by atoms with Gasteiger partial charge in [-0.1, -0.05) is 59.9 Å². The highest BCUT2D eigenvalue weighted by molar-refractivity contribution is 7.21. The van der Waals surface area contributed by atoms with Crippen molar-refractivity contribution in [2.45, 2.75) is 24.4 Å². The standard InChI is InChI=1S/C26H20FN3O2S/c27-19-14-16(15-30-13-10-21(30)25(31)32)6-7-18(19)23-28-20-8-9-22(29-24(20)33-23)26(11-12-26)17-4-2-1-3-5-17/h1-9,11-12,14,21H,10,13,15H2,(H,31,32). The van der Waals surface area contributed by atoms with Gasteiger partial charge in [-0.15, -0.1) is 0 Å². The highest BCUT2D eigenvalue weighted by atomic mass is 32.1. The number of aliphatic carboxylic acids is 1. The first-order chi connectivity index (χ1) is 16.0. The van der Waals surface area contributed by atoms with Gasteiger partial charge in [-0.05, 0) is 41.8 Å². The van der Waals surface area contributed by atoms with Gasteiger partial charge in [-0.2, -0.15) is 0 Å². The number of hydrogen-bond donors (Lipinski definition) is 1. The van der Waals surface area contributed by atoms with Gasteiger partial charge in [0.15, 0.2) is 0 Å². The second-order valence-electron chi connectivity index (χ2n) is 8.54. The largest absolute Gasteiger partial charge is 0.480 e. The fourth-order valence-corrected chi connectivity index (χ4v) is 5.41. The molecule has 5 nitrogen and oxygen atoms in total. The van der Waals surface area contributed by atoms with Gasteiger partial charge in [-0.25, -0.2) is 14.4 Å². The van der Waals surface area contributed by atoms with E-state index in [-0.39, 0.29) is 11.2 Å². The molecule has 1 aliphatic heterocycles. The summed E-state index contributed by atoms with van der Waals surface area (Å²) < 4.78 is 15.0. The van der Waals surface area contributed by atoms with Crippen LogP contribution in [0.4, 0.5) is 4.39 Å². The molecule has 1 unspecified atom stereocenters. The lowest BCUT2D eigenvalue weighted by Gasteiger charge is -2.37. The van der Waals surface area contributed by atoms with Crippen molar-refractivity contribution in [2.75, 3.05) is 6.54 Å². The zero-order chi connectivity index (χ0) is 22.6. The SMILES string of the molecule is O=C(O)C1CCN1Cc1ccc(-c2nc3ccc(C4(c5ccccc5)C=C4)nc3s2)c(F)c1. The predicted molar refractivity (Wildman–Crippen MR) is 126 cm³/mol. The monoisotopic (exact) mass is 457 g/mol. The number of halogens is 1. The number of likely N-dealkylation sites (tertiary alicyclic amines) is 1. The Kier molecular flexibility index (Phi) is 4.64. The van der Waals surface area contributed by atoms with Gasteiger partial charge in [0, 0.05) is 18.7 Å². The fourth-order valence-electron chi connectivity index (χ4n) is 4.45. The minimum Gasteiger partial charge on any atom is -0.480 e. The summed E-state index contributed by atoms with van der Waals surface area (Å²) in [5, 5.41) is 9.79. The fraction of sp³-hybridized carbons (Fsp3) is 0.192. The van der Waals surface area contributed by atoms with Gasteiger partial charge in [0.2, 0.25) is 0 Å². The minimum absolute atomic E-state index is 0.267. The van der Waals surface area contributed by atoms with Crippen LogP contribution in [0.1, 0.15) is 23.2 Å². The Morgan fingerprint density at radius 3 is 2.61 bits per heavy atom. The van der Waals surface area contributed by atoms with Crippen LogP contribution in [0.3, 0.4) is 0 Å². The number of carboxylic acids is 1. The van der Waals surface area contributed by atoms with E-state index in [9.17, 15) is 14.3 Å². The quantitative estimate of drug-likeness (QED) is 0.412. The second-order valence-corrected chi connectivity index (χ2v) is 9.51. The molecule has 6 rings (SSSR count). The molecule has 1 N–H and O–H groups in total. The van der Waals surface area contributed by atoms with Crippen LogP contribution in [0, 0.1) is 5.82 Å². The van der Waals surface area contributed by atoms with Crippen molar-refractivity contribution in [3.05, 3.63) is 95.5 Å². The van der Waals surface area contributed by atoms with Crippen LogP contribution in [-0.2, 0) is 16.8 Å². The highest BCUT2D eigenvalue weighted by Gasteiger charge is 2.39. The normalized spacial score (nSPS) is 18.9. The van der Waals surface area contributed by atoms with E-state index in [4.69, 9.17) is 4.98 Å². The molecular weight excluding hydrogens is 437 g/mol. The van der Waals surface area contributed by atoms with Gasteiger partial charge in [0.25, 0.3) is 0 Å². The zero-order valence-corrected chi connectivity index (χ0v) is 18.4. The molecule has 0 spiro atoms. The first-order valence-electron chi connectivity index (χ1n) is 10.8. The molecule has 164 valence electrons. The van der Waals surface area contributed by atoms with Gasteiger partial charge in [0.1, 0.15) is 27.2 Å². The molecule has 7 heteroatoms. The predicted octanol–water partition coefficient (Wildman–Crippen LogP) is 5.01. The molecule has 0 saturated carbocycles. The number of aromatic nitrogens is 2. The Hall–Kier alpha value is -3.42. The average molecular weight is 458 g/mol. The molecule has 1 aliphatic carbocycles. The summed E-state index contributed by atoms with van der Waals surface area (Å²) in [5.41, 5.74) is 3.79. The van der Waals surface area contributed by atoms with Crippen molar-refractivity contribution < 1.29 is 14.3 Å². The summed E-state index contributed by atoms with van der Waals surface area (Å²) >= 11 is 1.38. The summed E-state index contributed by atoms with van der Waals surface area (Å²) in [6.45, 7) is 1.14. The lowest BCUT2D eigenvalue weighted by molar-refractivity contribution is -0.148. The van der Waals surface area contributed by atoms with Crippen molar-refractivity contribution in [3.63, 3.8) is 0 Å². The highest BCUT2D eigenvalue weighted by Crippen LogP contribution is 2.45. The van der Waals surface area contributed by atoms with Crippen LogP contribution in [0.25, 0.3) is 20.9 Å². The molecule has 4 aromatic rings. The van der Waals surface area contributed by atoms with E-state index in [1.165, 1.54) is 23.0 Å². The Morgan fingerprint density at radius 1 is 1.12 bits per heavy atom. The number of nitrogens with zero attached hydrogens (tertiary/aromatic N) is 3. The molecule has 0 bridgehead atoms. The summed E-state index contributed by atoms with van der Waals surface area (Å²) in [7, 11) is 0. The van der Waals surface area contributed by atoms with E-state index < -0.39 is 12.0 Å². The van der Waals surface area contributed by atoms with Crippen molar-refractivity contribution in [1.82, 2.24) is 14.9 Å². The molecule has 33 heavy (non-hydrogen) atoms. The number of hydrogen-bond acceptors (Lipinski definition) is 5. The van der Waals surface area contributed by atoms with Gasteiger partial charge >= 0.3 is 5.97 Å². The lowest BCUT2D eigenvalue weighted by Crippen LogP contribution is -2.51. The van der Waals surface area contributed by atoms with Crippen LogP contribution in [0.5, 0.6) is 0 Å². The molecule has 2 aromatic carbocycles. The topological polar surface area (TPSA) is 66.3 Å². The molecule has 1 atom stereocenters. The Morgan fingerprint density at radius 2 is 1.94 bits per heavy atom. The van der Waals surface area contributed by atoms with E-state index in [0.29, 0.717) is 30.1 Å². The summed E-state index contributed by atoms with van der Waals surface area (Å²) in [6.07, 6.45) is 4.92. The maximum absolute atomic E-state index is 15.0. The molecule has 3 heterocycles. The number of pyridine rings is 1. The van der Waals surface area contributed by atoms with Crippen LogP contribution in [0.15, 0.2) is 72.8 Å². The number of carbonyl (C=O) groups is 1. The molecule has 1 saturated heterocycles. The molecular formula is C26H20FN3O2S. The lowest BCUT2D eigenvalue weighted by atomic mass is 9.89. The van der Waals surface area contributed by atoms with E-state index in [1.54, 1.807) is 6.07 Å². The van der Waals surface area contributed by atoms with E-state index in [0.717, 1.165) is 21.6 Å². The molecule has 1 fully saturated rings. The maximum Gasteiger partial charge on any atom is 0.320 e. The van der Waals surface area contributed by atoms with Crippen molar-refractivity contribution >= 4 is 27.7 Å². The Bertz CT molecular complexity index is 1410. The van der Waals surface area contributed by atoms with Crippen LogP contribution < -0.4 is 0 Å². The number of allylic oxidation sites excluding steroid dienone is 2. The van der Waals surface area contributed by atoms with E-state index >= 15 is 0 Å². The number of thiazole rings is 1. The van der Waals surface area contributed by atoms with Gasteiger partial charge < -0.3 is 5.11 Å². The smallest absolute Gasteiger partial charge is 0.320 e. The first kappa shape index (κ1) is 20.2. The molecule has 0 amide bonds. The van der Waals surface area contributed by atoms with Gasteiger partial charge in [-0.3, -0.25) is 9.69 Å². The van der Waals surface area contributed by atoms with E-state index in [1.807, 2.05) is 41.3 Å². The number of fused-ring (bicyclic) bond motifs is 1. The molecule has 2 aliphatic rings. The minimum atomic E-state index is -0.824. The number of benzene rings is 2. The van der Waals surface area contributed by atoms with Crippen molar-refractivity contribution in [1.29, 1.82) is 0 Å². The van der Waals surface area contributed by atoms with Crippen molar-refractivity contribution in [2.24, 2.45) is 0 Å². The van der Waals surface area contributed by atoms with Crippen LogP contribution in [0.2, 0.25) is 0 Å². The van der Waals surface area contributed by atoms with Crippen molar-refractivity contribution in [3.8, 4) is 10.6 Å². The average Bonchev–Trinajstić information content (AvgIpc) is 3.50. The third kappa shape index (κ3) is 3.44. The number of rotatable bonds is 6. The van der Waals surface area contributed by atoms with Crippen LogP contribution >= 0.6 is 11.3 Å². The van der Waals surface area contributed by atoms with E-state index in [2.05, 4.69) is 29.3 Å². The first-order valence-corrected chi connectivity index (χ1v) is 11.6. The maximum atomic E-state index is 15.0. The summed E-state index contributed by atoms with van der Waals surface area (Å²) in [5.74, 6) is -1.18. The molecule has 2 aromatic heterocycles. The summed E-state index contributed by atoms with van der Waals surface area (Å²) in [4.78, 5) is 23.3. The summed E-state index contributed by atoms with van der Waals surface area (Å²) in [6, 6.07) is 18.8. The third-order valence-corrected chi connectivity index (χ3v) is 7.49.